The zero-order chi connectivity index (χ0) is 21.4. The molecular weight excluding hydrogens is 420 g/mol. The third-order valence-corrected chi connectivity index (χ3v) is 5.57. The van der Waals surface area contributed by atoms with E-state index in [0.29, 0.717) is 17.2 Å². The van der Waals surface area contributed by atoms with Crippen LogP contribution in [0.25, 0.3) is 0 Å². The van der Waals surface area contributed by atoms with Gasteiger partial charge in [0.15, 0.2) is 6.61 Å². The van der Waals surface area contributed by atoms with Crippen LogP contribution in [0, 0.1) is 0 Å². The van der Waals surface area contributed by atoms with Crippen LogP contribution in [0.4, 0.5) is 0 Å². The van der Waals surface area contributed by atoms with Crippen molar-refractivity contribution in [2.75, 3.05) is 13.2 Å². The number of sulfonamides is 1. The van der Waals surface area contributed by atoms with Gasteiger partial charge in [-0.2, -0.15) is 0 Å². The number of hydrogen-bond acceptors (Lipinski definition) is 5. The molecule has 0 spiro atoms. The molecule has 0 aliphatic rings. The molecule has 156 valence electrons. The van der Waals surface area contributed by atoms with Crippen LogP contribution >= 0.6 is 11.6 Å². The van der Waals surface area contributed by atoms with Crippen LogP contribution in [-0.2, 0) is 26.0 Å². The molecule has 10 heteroatoms. The van der Waals surface area contributed by atoms with Crippen molar-refractivity contribution in [1.29, 1.82) is 0 Å². The van der Waals surface area contributed by atoms with Crippen molar-refractivity contribution in [2.45, 2.75) is 24.3 Å². The van der Waals surface area contributed by atoms with Crippen molar-refractivity contribution >= 4 is 33.5 Å². The van der Waals surface area contributed by atoms with Crippen molar-refractivity contribution in [3.05, 3.63) is 59.1 Å². The molecule has 0 aromatic heterocycles. The molecule has 0 fully saturated rings. The lowest BCUT2D eigenvalue weighted by Gasteiger charge is -2.11. The van der Waals surface area contributed by atoms with Crippen LogP contribution in [0.2, 0.25) is 5.02 Å². The molecule has 2 rings (SSSR count). The average Bonchev–Trinajstić information content (AvgIpc) is 2.67. The number of nitrogens with one attached hydrogen (secondary N) is 2. The van der Waals surface area contributed by atoms with E-state index in [1.165, 1.54) is 31.2 Å². The first-order valence-electron chi connectivity index (χ1n) is 8.66. The molecule has 3 N–H and O–H groups in total. The topological polar surface area (TPSA) is 122 Å². The number of aliphatic carboxylic acids is 1. The predicted octanol–water partition coefficient (Wildman–Crippen LogP) is 1.83. The molecule has 2 aromatic carbocycles. The molecule has 0 saturated heterocycles. The highest BCUT2D eigenvalue weighted by atomic mass is 35.5. The second-order valence-corrected chi connectivity index (χ2v) is 8.37. The van der Waals surface area contributed by atoms with Crippen molar-refractivity contribution in [1.82, 2.24) is 10.0 Å². The lowest BCUT2D eigenvalue weighted by atomic mass is 10.1. The number of amides is 1. The van der Waals surface area contributed by atoms with E-state index < -0.39 is 27.9 Å². The zero-order valence-corrected chi connectivity index (χ0v) is 17.2. The fourth-order valence-corrected chi connectivity index (χ4v) is 3.47. The lowest BCUT2D eigenvalue weighted by Crippen LogP contribution is -2.40. The first kappa shape index (κ1) is 22.7. The fraction of sp³-hybridized carbons (Fsp3) is 0.263. The van der Waals surface area contributed by atoms with Gasteiger partial charge < -0.3 is 15.2 Å². The quantitative estimate of drug-likeness (QED) is 0.518. The minimum atomic E-state index is -3.64. The number of carbonyl (C=O) groups excluding carboxylic acids is 1. The van der Waals surface area contributed by atoms with Gasteiger partial charge >= 0.3 is 5.97 Å². The standard InChI is InChI=1S/C19H21ClN2O6S/c1-13(19(24)25)22-18(23)12-28-16-4-2-3-14(11-16)9-10-21-29(26,27)17-7-5-15(20)6-8-17/h2-8,11,13,21H,9-10,12H2,1H3,(H,22,23)(H,24,25)/t13-/m0/s1. The molecule has 2 aromatic rings. The summed E-state index contributed by atoms with van der Waals surface area (Å²) in [6.45, 7) is 1.20. The first-order valence-corrected chi connectivity index (χ1v) is 10.5. The molecule has 0 bridgehead atoms. The van der Waals surface area contributed by atoms with Crippen LogP contribution in [0.3, 0.4) is 0 Å². The number of hydrogen-bond donors (Lipinski definition) is 3. The number of carboxylic acids is 1. The van der Waals surface area contributed by atoms with Crippen LogP contribution in [-0.4, -0.2) is 44.6 Å². The highest BCUT2D eigenvalue weighted by Crippen LogP contribution is 2.15. The Morgan fingerprint density at radius 2 is 1.86 bits per heavy atom. The summed E-state index contributed by atoms with van der Waals surface area (Å²) in [4.78, 5) is 22.5. The molecule has 0 heterocycles. The Morgan fingerprint density at radius 1 is 1.17 bits per heavy atom. The van der Waals surface area contributed by atoms with Gasteiger partial charge in [-0.1, -0.05) is 23.7 Å². The second-order valence-electron chi connectivity index (χ2n) is 6.17. The molecule has 0 unspecified atom stereocenters. The van der Waals surface area contributed by atoms with Gasteiger partial charge in [0.1, 0.15) is 11.8 Å². The first-order chi connectivity index (χ1) is 13.7. The van der Waals surface area contributed by atoms with Gasteiger partial charge in [-0.25, -0.2) is 13.1 Å². The minimum absolute atomic E-state index is 0.126. The molecule has 0 saturated carbocycles. The zero-order valence-electron chi connectivity index (χ0n) is 15.6. The summed E-state index contributed by atoms with van der Waals surface area (Å²) in [5, 5.41) is 11.5. The number of carboxylic acid groups (broad SMARTS) is 1. The Labute approximate surface area is 173 Å². The number of rotatable bonds is 10. The van der Waals surface area contributed by atoms with E-state index in [1.54, 1.807) is 24.3 Å². The highest BCUT2D eigenvalue weighted by molar-refractivity contribution is 7.89. The van der Waals surface area contributed by atoms with E-state index >= 15 is 0 Å². The van der Waals surface area contributed by atoms with Gasteiger partial charge in [0.25, 0.3) is 5.91 Å². The molecule has 0 aliphatic heterocycles. The number of carbonyl (C=O) groups is 2. The van der Waals surface area contributed by atoms with Gasteiger partial charge in [0.2, 0.25) is 10.0 Å². The number of benzene rings is 2. The van der Waals surface area contributed by atoms with E-state index in [4.69, 9.17) is 21.4 Å². The maximum Gasteiger partial charge on any atom is 0.325 e. The molecule has 29 heavy (non-hydrogen) atoms. The molecule has 0 radical (unpaired) electrons. The molecule has 1 amide bonds. The number of halogens is 1. The third kappa shape index (κ3) is 7.37. The smallest absolute Gasteiger partial charge is 0.325 e. The Balaban J connectivity index is 1.86. The molecule has 0 aliphatic carbocycles. The van der Waals surface area contributed by atoms with E-state index in [9.17, 15) is 18.0 Å². The summed E-state index contributed by atoms with van der Waals surface area (Å²) >= 11 is 5.77. The summed E-state index contributed by atoms with van der Waals surface area (Å²) in [7, 11) is -3.64. The van der Waals surface area contributed by atoms with E-state index in [2.05, 4.69) is 10.0 Å². The Morgan fingerprint density at radius 3 is 2.52 bits per heavy atom. The van der Waals surface area contributed by atoms with Crippen molar-refractivity contribution in [3.63, 3.8) is 0 Å². The van der Waals surface area contributed by atoms with Gasteiger partial charge in [0, 0.05) is 11.6 Å². The van der Waals surface area contributed by atoms with Crippen LogP contribution < -0.4 is 14.8 Å². The predicted molar refractivity (Wildman–Crippen MR) is 108 cm³/mol. The Bertz CT molecular complexity index is 963. The van der Waals surface area contributed by atoms with Crippen LogP contribution in [0.5, 0.6) is 5.75 Å². The highest BCUT2D eigenvalue weighted by Gasteiger charge is 2.15. The maximum absolute atomic E-state index is 12.2. The molecule has 8 nitrogen and oxygen atoms in total. The maximum atomic E-state index is 12.2. The fourth-order valence-electron chi connectivity index (χ4n) is 2.31. The van der Waals surface area contributed by atoms with Gasteiger partial charge in [-0.15, -0.1) is 0 Å². The Hall–Kier alpha value is -2.62. The lowest BCUT2D eigenvalue weighted by molar-refractivity contribution is -0.141. The largest absolute Gasteiger partial charge is 0.484 e. The third-order valence-electron chi connectivity index (χ3n) is 3.85. The van der Waals surface area contributed by atoms with E-state index in [1.807, 2.05) is 0 Å². The average molecular weight is 441 g/mol. The monoisotopic (exact) mass is 440 g/mol. The molecular formula is C19H21ClN2O6S. The second kappa shape index (κ2) is 10.2. The summed E-state index contributed by atoms with van der Waals surface area (Å²) in [5.41, 5.74) is 0.806. The summed E-state index contributed by atoms with van der Waals surface area (Å²) < 4.78 is 32.4. The SMILES string of the molecule is C[C@H](NC(=O)COc1cccc(CCNS(=O)(=O)c2ccc(Cl)cc2)c1)C(=O)O. The normalized spacial score (nSPS) is 12.2. The Kier molecular flexibility index (Phi) is 8.00. The van der Waals surface area contributed by atoms with Gasteiger partial charge in [-0.05, 0) is 55.3 Å². The van der Waals surface area contributed by atoms with Crippen molar-refractivity contribution < 1.29 is 27.9 Å². The summed E-state index contributed by atoms with van der Waals surface area (Å²) in [6, 6.07) is 11.7. The van der Waals surface area contributed by atoms with E-state index in [-0.39, 0.29) is 18.0 Å². The summed E-state index contributed by atoms with van der Waals surface area (Å²) in [5.74, 6) is -1.27. The van der Waals surface area contributed by atoms with Gasteiger partial charge in [-0.3, -0.25) is 9.59 Å². The van der Waals surface area contributed by atoms with Gasteiger partial charge in [0.05, 0.1) is 4.90 Å². The minimum Gasteiger partial charge on any atom is -0.484 e. The number of ether oxygens (including phenoxy) is 1. The van der Waals surface area contributed by atoms with Crippen molar-refractivity contribution in [3.8, 4) is 5.75 Å². The summed E-state index contributed by atoms with van der Waals surface area (Å²) in [6.07, 6.45) is 0.409. The van der Waals surface area contributed by atoms with E-state index in [0.717, 1.165) is 5.56 Å². The molecule has 1 atom stereocenters. The van der Waals surface area contributed by atoms with Crippen LogP contribution in [0.1, 0.15) is 12.5 Å². The van der Waals surface area contributed by atoms with Crippen molar-refractivity contribution in [2.24, 2.45) is 0 Å². The van der Waals surface area contributed by atoms with Crippen LogP contribution in [0.15, 0.2) is 53.4 Å².